The minimum atomic E-state index is 0.747. The molecule has 2 aromatic carbocycles. The molecule has 1 N–H and O–H groups in total. The van der Waals surface area contributed by atoms with E-state index in [2.05, 4.69) is 42.6 Å². The SMILES string of the molecule is CCNCCCOc1ccccc1-c1ccccc1. The van der Waals surface area contributed by atoms with Gasteiger partial charge in [0, 0.05) is 5.56 Å². The Kier molecular flexibility index (Phi) is 5.45. The standard InChI is InChI=1S/C17H21NO/c1-2-18-13-8-14-19-17-12-7-6-11-16(17)15-9-4-3-5-10-15/h3-7,9-12,18H,2,8,13-14H2,1H3. The Morgan fingerprint density at radius 2 is 1.68 bits per heavy atom. The fraction of sp³-hybridized carbons (Fsp3) is 0.294. The molecule has 2 aromatic rings. The van der Waals surface area contributed by atoms with Crippen LogP contribution in [-0.4, -0.2) is 19.7 Å². The van der Waals surface area contributed by atoms with Crippen LogP contribution in [0.4, 0.5) is 0 Å². The van der Waals surface area contributed by atoms with E-state index in [1.807, 2.05) is 24.3 Å². The minimum Gasteiger partial charge on any atom is -0.493 e. The summed E-state index contributed by atoms with van der Waals surface area (Å²) < 4.78 is 5.90. The molecule has 2 nitrogen and oxygen atoms in total. The highest BCUT2D eigenvalue weighted by atomic mass is 16.5. The van der Waals surface area contributed by atoms with E-state index in [0.29, 0.717) is 0 Å². The van der Waals surface area contributed by atoms with E-state index in [1.165, 1.54) is 5.56 Å². The van der Waals surface area contributed by atoms with Gasteiger partial charge in [0.2, 0.25) is 0 Å². The molecule has 19 heavy (non-hydrogen) atoms. The van der Waals surface area contributed by atoms with E-state index in [0.717, 1.165) is 37.4 Å². The van der Waals surface area contributed by atoms with E-state index < -0.39 is 0 Å². The van der Waals surface area contributed by atoms with Gasteiger partial charge in [0.1, 0.15) is 5.75 Å². The van der Waals surface area contributed by atoms with Crippen molar-refractivity contribution in [2.24, 2.45) is 0 Å². The molecule has 2 rings (SSSR count). The quantitative estimate of drug-likeness (QED) is 0.761. The molecule has 0 aromatic heterocycles. The molecule has 0 aliphatic carbocycles. The van der Waals surface area contributed by atoms with Crippen LogP contribution in [0, 0.1) is 0 Å². The summed E-state index contributed by atoms with van der Waals surface area (Å²) in [6.45, 7) is 4.88. The van der Waals surface area contributed by atoms with Crippen molar-refractivity contribution in [3.05, 3.63) is 54.6 Å². The second kappa shape index (κ2) is 7.59. The molecule has 0 aliphatic rings. The summed E-state index contributed by atoms with van der Waals surface area (Å²) >= 11 is 0. The molecule has 0 aliphatic heterocycles. The lowest BCUT2D eigenvalue weighted by Gasteiger charge is -2.11. The molecule has 0 saturated carbocycles. The van der Waals surface area contributed by atoms with Crippen LogP contribution in [0.15, 0.2) is 54.6 Å². The smallest absolute Gasteiger partial charge is 0.127 e. The Balaban J connectivity index is 2.01. The van der Waals surface area contributed by atoms with Crippen LogP contribution >= 0.6 is 0 Å². The molecule has 0 fully saturated rings. The number of hydrogen-bond acceptors (Lipinski definition) is 2. The first kappa shape index (κ1) is 13.6. The van der Waals surface area contributed by atoms with Gasteiger partial charge in [0.05, 0.1) is 6.61 Å². The summed E-state index contributed by atoms with van der Waals surface area (Å²) in [7, 11) is 0. The first-order chi connectivity index (χ1) is 9.42. The van der Waals surface area contributed by atoms with E-state index in [4.69, 9.17) is 4.74 Å². The Bertz CT molecular complexity index is 482. The van der Waals surface area contributed by atoms with Crippen molar-refractivity contribution < 1.29 is 4.74 Å². The second-order valence-corrected chi connectivity index (χ2v) is 4.42. The Morgan fingerprint density at radius 3 is 2.47 bits per heavy atom. The van der Waals surface area contributed by atoms with E-state index in [9.17, 15) is 0 Å². The highest BCUT2D eigenvalue weighted by Crippen LogP contribution is 2.29. The number of ether oxygens (including phenoxy) is 1. The zero-order valence-electron chi connectivity index (χ0n) is 11.4. The van der Waals surface area contributed by atoms with Gasteiger partial charge in [-0.1, -0.05) is 55.5 Å². The normalized spacial score (nSPS) is 10.4. The zero-order valence-corrected chi connectivity index (χ0v) is 11.4. The lowest BCUT2D eigenvalue weighted by Crippen LogP contribution is -2.16. The lowest BCUT2D eigenvalue weighted by atomic mass is 10.1. The van der Waals surface area contributed by atoms with Crippen molar-refractivity contribution in [1.29, 1.82) is 0 Å². The molecular weight excluding hydrogens is 234 g/mol. The summed E-state index contributed by atoms with van der Waals surface area (Å²) in [5, 5.41) is 3.30. The molecular formula is C17H21NO. The van der Waals surface area contributed by atoms with Gasteiger partial charge in [0.25, 0.3) is 0 Å². The van der Waals surface area contributed by atoms with Crippen LogP contribution in [-0.2, 0) is 0 Å². The summed E-state index contributed by atoms with van der Waals surface area (Å²) in [5.41, 5.74) is 2.36. The summed E-state index contributed by atoms with van der Waals surface area (Å²) in [6.07, 6.45) is 1.02. The van der Waals surface area contributed by atoms with Crippen LogP contribution in [0.5, 0.6) is 5.75 Å². The largest absolute Gasteiger partial charge is 0.493 e. The molecule has 0 saturated heterocycles. The summed E-state index contributed by atoms with van der Waals surface area (Å²) in [4.78, 5) is 0. The molecule has 0 spiro atoms. The topological polar surface area (TPSA) is 21.3 Å². The third-order valence-corrected chi connectivity index (χ3v) is 2.98. The molecule has 0 atom stereocenters. The first-order valence-corrected chi connectivity index (χ1v) is 6.90. The Hall–Kier alpha value is -1.80. The maximum Gasteiger partial charge on any atom is 0.127 e. The predicted molar refractivity (Wildman–Crippen MR) is 80.5 cm³/mol. The van der Waals surface area contributed by atoms with Crippen molar-refractivity contribution in [1.82, 2.24) is 5.32 Å². The number of hydrogen-bond donors (Lipinski definition) is 1. The molecule has 0 unspecified atom stereocenters. The fourth-order valence-electron chi connectivity index (χ4n) is 2.00. The van der Waals surface area contributed by atoms with Crippen LogP contribution in [0.3, 0.4) is 0 Å². The van der Waals surface area contributed by atoms with Gasteiger partial charge in [-0.2, -0.15) is 0 Å². The van der Waals surface area contributed by atoms with E-state index >= 15 is 0 Å². The highest BCUT2D eigenvalue weighted by molar-refractivity contribution is 5.70. The summed E-state index contributed by atoms with van der Waals surface area (Å²) in [6, 6.07) is 18.6. The molecule has 0 bridgehead atoms. The van der Waals surface area contributed by atoms with Crippen molar-refractivity contribution in [2.45, 2.75) is 13.3 Å². The molecule has 2 heteroatoms. The van der Waals surface area contributed by atoms with E-state index in [1.54, 1.807) is 0 Å². The maximum atomic E-state index is 5.90. The molecule has 100 valence electrons. The lowest BCUT2D eigenvalue weighted by molar-refractivity contribution is 0.310. The Labute approximate surface area is 115 Å². The number of para-hydroxylation sites is 1. The number of nitrogens with one attached hydrogen (secondary N) is 1. The molecule has 0 heterocycles. The monoisotopic (exact) mass is 255 g/mol. The van der Waals surface area contributed by atoms with Gasteiger partial charge in [0.15, 0.2) is 0 Å². The summed E-state index contributed by atoms with van der Waals surface area (Å²) in [5.74, 6) is 0.963. The third kappa shape index (κ3) is 4.11. The fourth-order valence-corrected chi connectivity index (χ4v) is 2.00. The minimum absolute atomic E-state index is 0.747. The third-order valence-electron chi connectivity index (χ3n) is 2.98. The predicted octanol–water partition coefficient (Wildman–Crippen LogP) is 3.73. The van der Waals surface area contributed by atoms with Crippen molar-refractivity contribution in [2.75, 3.05) is 19.7 Å². The molecule has 0 radical (unpaired) electrons. The Morgan fingerprint density at radius 1 is 0.947 bits per heavy atom. The average molecular weight is 255 g/mol. The van der Waals surface area contributed by atoms with Gasteiger partial charge in [-0.05, 0) is 31.1 Å². The maximum absolute atomic E-state index is 5.90. The van der Waals surface area contributed by atoms with Gasteiger partial charge < -0.3 is 10.1 Å². The van der Waals surface area contributed by atoms with Gasteiger partial charge in [-0.25, -0.2) is 0 Å². The second-order valence-electron chi connectivity index (χ2n) is 4.42. The molecule has 0 amide bonds. The van der Waals surface area contributed by atoms with E-state index in [-0.39, 0.29) is 0 Å². The van der Waals surface area contributed by atoms with Crippen LogP contribution in [0.1, 0.15) is 13.3 Å². The first-order valence-electron chi connectivity index (χ1n) is 6.90. The van der Waals surface area contributed by atoms with Crippen LogP contribution in [0.25, 0.3) is 11.1 Å². The highest BCUT2D eigenvalue weighted by Gasteiger charge is 2.04. The van der Waals surface area contributed by atoms with Gasteiger partial charge >= 0.3 is 0 Å². The zero-order chi connectivity index (χ0) is 13.3. The van der Waals surface area contributed by atoms with Gasteiger partial charge in [-0.15, -0.1) is 0 Å². The number of benzene rings is 2. The van der Waals surface area contributed by atoms with Crippen molar-refractivity contribution >= 4 is 0 Å². The van der Waals surface area contributed by atoms with Crippen molar-refractivity contribution in [3.63, 3.8) is 0 Å². The van der Waals surface area contributed by atoms with Crippen molar-refractivity contribution in [3.8, 4) is 16.9 Å². The van der Waals surface area contributed by atoms with Crippen LogP contribution < -0.4 is 10.1 Å². The number of rotatable bonds is 7. The van der Waals surface area contributed by atoms with Crippen LogP contribution in [0.2, 0.25) is 0 Å². The van der Waals surface area contributed by atoms with Gasteiger partial charge in [-0.3, -0.25) is 0 Å². The average Bonchev–Trinajstić information content (AvgIpc) is 2.48.